The van der Waals surface area contributed by atoms with E-state index in [-0.39, 0.29) is 5.95 Å². The Morgan fingerprint density at radius 2 is 1.82 bits per heavy atom. The van der Waals surface area contributed by atoms with Crippen molar-refractivity contribution in [3.05, 3.63) is 55.3 Å². The van der Waals surface area contributed by atoms with Crippen molar-refractivity contribution < 1.29 is 0 Å². The lowest BCUT2D eigenvalue weighted by molar-refractivity contribution is 0.790. The van der Waals surface area contributed by atoms with Crippen LogP contribution in [0.25, 0.3) is 16.9 Å². The van der Waals surface area contributed by atoms with Crippen LogP contribution in [-0.4, -0.2) is 19.7 Å². The van der Waals surface area contributed by atoms with Crippen LogP contribution in [0.2, 0.25) is 0 Å². The van der Waals surface area contributed by atoms with Gasteiger partial charge in [-0.05, 0) is 12.1 Å². The number of hydrogen-bond donors (Lipinski definition) is 2. The lowest BCUT2D eigenvalue weighted by Gasteiger charge is -1.90. The van der Waals surface area contributed by atoms with Crippen LogP contribution < -0.4 is 16.7 Å². The molecule has 1 aromatic rings. The first kappa shape index (κ1) is 9.52. The predicted molar refractivity (Wildman–Crippen MR) is 59.8 cm³/mol. The maximum Gasteiger partial charge on any atom is 0.338 e. The summed E-state index contributed by atoms with van der Waals surface area (Å²) in [5.41, 5.74) is -1.75. The Labute approximate surface area is 92.7 Å². The van der Waals surface area contributed by atoms with E-state index in [1.54, 1.807) is 24.3 Å². The molecule has 0 atom stereocenters. The molecule has 0 aromatic heterocycles. The van der Waals surface area contributed by atoms with Crippen LogP contribution in [-0.2, 0) is 0 Å². The summed E-state index contributed by atoms with van der Waals surface area (Å²) in [6.45, 7) is 0. The molecule has 0 saturated heterocycles. The predicted octanol–water partition coefficient (Wildman–Crippen LogP) is -0.800. The Balaban J connectivity index is 2.66. The summed E-state index contributed by atoms with van der Waals surface area (Å²) < 4.78 is 0.810. The zero-order valence-corrected chi connectivity index (χ0v) is 8.43. The topological polar surface area (TPSA) is 101 Å². The Morgan fingerprint density at radius 3 is 2.65 bits per heavy atom. The number of aromatic amines is 2. The molecule has 17 heavy (non-hydrogen) atoms. The number of hydrogen-bond acceptors (Lipinski definition) is 4. The third kappa shape index (κ3) is 1.29. The van der Waals surface area contributed by atoms with E-state index < -0.39 is 16.7 Å². The second-order valence-corrected chi connectivity index (χ2v) is 3.49. The fourth-order valence-electron chi connectivity index (χ4n) is 1.63. The monoisotopic (exact) mass is 230 g/mol. The molecule has 3 rings (SSSR count). The average molecular weight is 230 g/mol. The van der Waals surface area contributed by atoms with Crippen LogP contribution in [0.3, 0.4) is 0 Å². The second-order valence-electron chi connectivity index (χ2n) is 3.49. The highest BCUT2D eigenvalue weighted by Gasteiger charge is 2.12. The summed E-state index contributed by atoms with van der Waals surface area (Å²) in [5.74, 6) is 0.0123. The maximum absolute atomic E-state index is 11.8. The number of rotatable bonds is 0. The first-order valence-corrected chi connectivity index (χ1v) is 4.81. The SMILES string of the molecule is O=c1[nH]c2nc3ccccc3c(=O)[nH]n-2c1=O. The maximum atomic E-state index is 11.8. The van der Waals surface area contributed by atoms with Crippen molar-refractivity contribution in [3.63, 3.8) is 0 Å². The summed E-state index contributed by atoms with van der Waals surface area (Å²) in [5, 5.41) is 2.65. The molecule has 0 saturated carbocycles. The molecule has 7 nitrogen and oxygen atoms in total. The van der Waals surface area contributed by atoms with Gasteiger partial charge in [0.2, 0.25) is 5.95 Å². The molecule has 2 aliphatic rings. The van der Waals surface area contributed by atoms with Crippen LogP contribution in [0.4, 0.5) is 0 Å². The number of nitrogens with zero attached hydrogens (tertiary/aromatic N) is 2. The minimum Gasteiger partial charge on any atom is -0.286 e. The molecule has 1 aromatic carbocycles. The largest absolute Gasteiger partial charge is 0.338 e. The van der Waals surface area contributed by atoms with Gasteiger partial charge >= 0.3 is 11.1 Å². The number of nitrogens with one attached hydrogen (secondary N) is 2. The molecule has 0 bridgehead atoms. The van der Waals surface area contributed by atoms with Crippen molar-refractivity contribution in [1.29, 1.82) is 0 Å². The Bertz CT molecular complexity index is 858. The fraction of sp³-hybridized carbons (Fsp3) is 0. The van der Waals surface area contributed by atoms with Crippen LogP contribution in [0, 0.1) is 0 Å². The Kier molecular flexibility index (Phi) is 1.76. The van der Waals surface area contributed by atoms with E-state index in [0.717, 1.165) is 4.68 Å². The van der Waals surface area contributed by atoms with Gasteiger partial charge in [-0.25, -0.2) is 4.98 Å². The number of aromatic nitrogens is 4. The molecule has 84 valence electrons. The molecule has 0 aliphatic carbocycles. The number of imidazole rings is 1. The highest BCUT2D eigenvalue weighted by molar-refractivity contribution is 5.76. The average Bonchev–Trinajstić information content (AvgIpc) is 2.50. The van der Waals surface area contributed by atoms with E-state index in [1.165, 1.54) is 0 Å². The summed E-state index contributed by atoms with van der Waals surface area (Å²) >= 11 is 0. The fourth-order valence-corrected chi connectivity index (χ4v) is 1.63. The van der Waals surface area contributed by atoms with Gasteiger partial charge in [0, 0.05) is 0 Å². The third-order valence-electron chi connectivity index (χ3n) is 2.42. The van der Waals surface area contributed by atoms with Crippen molar-refractivity contribution in [1.82, 2.24) is 19.7 Å². The number of benzene rings is 1. The standard InChI is InChI=1S/C10H6N4O3/c15-7-5-3-1-2-4-6(5)11-10-12-8(16)9(17)14(10)13-7/h1-4H,(H,13,15)(H,11,12,16). The molecular formula is C10H6N4O3. The lowest BCUT2D eigenvalue weighted by atomic mass is 10.2. The third-order valence-corrected chi connectivity index (χ3v) is 2.42. The van der Waals surface area contributed by atoms with E-state index in [9.17, 15) is 14.4 Å². The zero-order chi connectivity index (χ0) is 12.0. The molecule has 0 amide bonds. The van der Waals surface area contributed by atoms with Gasteiger partial charge < -0.3 is 0 Å². The van der Waals surface area contributed by atoms with E-state index in [2.05, 4.69) is 15.1 Å². The first-order valence-electron chi connectivity index (χ1n) is 4.81. The molecule has 0 fully saturated rings. The first-order chi connectivity index (χ1) is 8.16. The molecule has 0 spiro atoms. The van der Waals surface area contributed by atoms with Gasteiger partial charge in [-0.1, -0.05) is 12.1 Å². The summed E-state index contributed by atoms with van der Waals surface area (Å²) in [6, 6.07) is 6.61. The second kappa shape index (κ2) is 3.14. The number of fused-ring (bicyclic) bond motifs is 2. The minimum atomic E-state index is -0.857. The smallest absolute Gasteiger partial charge is 0.286 e. The highest BCUT2D eigenvalue weighted by atomic mass is 16.2. The molecule has 2 aliphatic heterocycles. The highest BCUT2D eigenvalue weighted by Crippen LogP contribution is 2.05. The Morgan fingerprint density at radius 1 is 1.06 bits per heavy atom. The van der Waals surface area contributed by atoms with Gasteiger partial charge in [0.05, 0.1) is 10.9 Å². The van der Waals surface area contributed by atoms with Crippen LogP contribution in [0.1, 0.15) is 0 Å². The molecule has 0 radical (unpaired) electrons. The van der Waals surface area contributed by atoms with Gasteiger partial charge in [-0.2, -0.15) is 4.68 Å². The number of para-hydroxylation sites is 1. The van der Waals surface area contributed by atoms with Gasteiger partial charge in [0.1, 0.15) is 0 Å². The molecule has 0 unspecified atom stereocenters. The van der Waals surface area contributed by atoms with Crippen LogP contribution in [0.5, 0.6) is 0 Å². The lowest BCUT2D eigenvalue weighted by Crippen LogP contribution is -2.28. The van der Waals surface area contributed by atoms with E-state index in [4.69, 9.17) is 0 Å². The quantitative estimate of drug-likeness (QED) is 0.494. The molecule has 2 N–H and O–H groups in total. The van der Waals surface area contributed by atoms with Crippen molar-refractivity contribution >= 4 is 10.9 Å². The van der Waals surface area contributed by atoms with Crippen molar-refractivity contribution in [2.45, 2.75) is 0 Å². The van der Waals surface area contributed by atoms with Crippen LogP contribution in [0.15, 0.2) is 38.6 Å². The minimum absolute atomic E-state index is 0.0123. The van der Waals surface area contributed by atoms with Crippen LogP contribution >= 0.6 is 0 Å². The summed E-state index contributed by atoms with van der Waals surface area (Å²) in [6.07, 6.45) is 0. The van der Waals surface area contributed by atoms with E-state index in [0.29, 0.717) is 10.9 Å². The molecule has 2 heterocycles. The van der Waals surface area contributed by atoms with E-state index in [1.807, 2.05) is 0 Å². The van der Waals surface area contributed by atoms with Gasteiger partial charge in [-0.15, -0.1) is 0 Å². The van der Waals surface area contributed by atoms with Gasteiger partial charge in [0.15, 0.2) is 0 Å². The number of H-pyrrole nitrogens is 2. The van der Waals surface area contributed by atoms with Crippen molar-refractivity contribution in [2.75, 3.05) is 0 Å². The molecule has 7 heteroatoms. The van der Waals surface area contributed by atoms with Crippen molar-refractivity contribution in [3.8, 4) is 5.95 Å². The van der Waals surface area contributed by atoms with E-state index >= 15 is 0 Å². The Hall–Kier alpha value is -2.70. The normalized spacial score (nSPS) is 11.1. The summed E-state index contributed by atoms with van der Waals surface area (Å²) in [4.78, 5) is 40.7. The zero-order valence-electron chi connectivity index (χ0n) is 8.43. The summed E-state index contributed by atoms with van der Waals surface area (Å²) in [7, 11) is 0. The van der Waals surface area contributed by atoms with Gasteiger partial charge in [-0.3, -0.25) is 24.5 Å². The van der Waals surface area contributed by atoms with Crippen molar-refractivity contribution in [2.24, 2.45) is 0 Å². The molecular weight excluding hydrogens is 224 g/mol. The van der Waals surface area contributed by atoms with Gasteiger partial charge in [0.25, 0.3) is 5.56 Å².